The van der Waals surface area contributed by atoms with E-state index in [-0.39, 0.29) is 17.8 Å². The highest BCUT2D eigenvalue weighted by Gasteiger charge is 2.53. The highest BCUT2D eigenvalue weighted by Crippen LogP contribution is 2.46. The van der Waals surface area contributed by atoms with Gasteiger partial charge in [-0.2, -0.15) is 0 Å². The van der Waals surface area contributed by atoms with Gasteiger partial charge in [-0.25, -0.2) is 4.79 Å². The molecule has 3 rings (SSSR count). The lowest BCUT2D eigenvalue weighted by Crippen LogP contribution is -2.48. The molecule has 0 radical (unpaired) electrons. The molecule has 0 bridgehead atoms. The predicted octanol–water partition coefficient (Wildman–Crippen LogP) is 3.66. The molecule has 1 aliphatic heterocycles. The summed E-state index contributed by atoms with van der Waals surface area (Å²) in [4.78, 5) is 26.0. The summed E-state index contributed by atoms with van der Waals surface area (Å²) in [7, 11) is 1.37. The van der Waals surface area contributed by atoms with Crippen LogP contribution in [0, 0.1) is 5.92 Å². The maximum Gasteiger partial charge on any atom is 0.329 e. The van der Waals surface area contributed by atoms with Gasteiger partial charge in [-0.15, -0.1) is 0 Å². The maximum atomic E-state index is 13.7. The Bertz CT molecular complexity index is 737. The van der Waals surface area contributed by atoms with E-state index in [0.29, 0.717) is 5.75 Å². The lowest BCUT2D eigenvalue weighted by molar-refractivity contribution is -0.150. The molecule has 5 heteroatoms. The maximum absolute atomic E-state index is 13.7. The number of esters is 1. The van der Waals surface area contributed by atoms with Gasteiger partial charge in [0, 0.05) is 5.75 Å². The summed E-state index contributed by atoms with van der Waals surface area (Å²) in [6.07, 6.45) is 0. The van der Waals surface area contributed by atoms with Crippen LogP contribution >= 0.6 is 11.9 Å². The van der Waals surface area contributed by atoms with Crippen LogP contribution in [0.5, 0.6) is 0 Å². The van der Waals surface area contributed by atoms with Crippen LogP contribution in [-0.4, -0.2) is 35.1 Å². The van der Waals surface area contributed by atoms with Crippen molar-refractivity contribution in [3.05, 3.63) is 71.8 Å². The Morgan fingerprint density at radius 2 is 1.54 bits per heavy atom. The Kier molecular flexibility index (Phi) is 5.37. The van der Waals surface area contributed by atoms with Crippen LogP contribution in [-0.2, 0) is 19.7 Å². The second kappa shape index (κ2) is 7.54. The second-order valence-electron chi connectivity index (χ2n) is 6.75. The quantitative estimate of drug-likeness (QED) is 0.596. The third kappa shape index (κ3) is 3.01. The molecule has 0 aromatic heterocycles. The first kappa shape index (κ1) is 18.5. The van der Waals surface area contributed by atoms with Gasteiger partial charge in [0.2, 0.25) is 5.91 Å². The van der Waals surface area contributed by atoms with E-state index in [1.54, 1.807) is 4.31 Å². The van der Waals surface area contributed by atoms with Crippen LogP contribution in [0.25, 0.3) is 0 Å². The van der Waals surface area contributed by atoms with Gasteiger partial charge in [0.05, 0.1) is 7.11 Å². The van der Waals surface area contributed by atoms with E-state index >= 15 is 0 Å². The molecule has 2 aromatic rings. The van der Waals surface area contributed by atoms with Gasteiger partial charge >= 0.3 is 5.97 Å². The van der Waals surface area contributed by atoms with E-state index in [4.69, 9.17) is 4.74 Å². The lowest BCUT2D eigenvalue weighted by atomic mass is 9.75. The van der Waals surface area contributed by atoms with Gasteiger partial charge in [-0.05, 0) is 29.0 Å². The summed E-state index contributed by atoms with van der Waals surface area (Å²) in [6.45, 7) is 3.86. The van der Waals surface area contributed by atoms with Gasteiger partial charge < -0.3 is 4.74 Å². The average molecular weight is 369 g/mol. The van der Waals surface area contributed by atoms with Gasteiger partial charge in [-0.3, -0.25) is 9.10 Å². The smallest absolute Gasteiger partial charge is 0.329 e. The van der Waals surface area contributed by atoms with Crippen LogP contribution in [0.1, 0.15) is 25.0 Å². The Morgan fingerprint density at radius 1 is 1.04 bits per heavy atom. The molecule has 0 spiro atoms. The van der Waals surface area contributed by atoms with Crippen LogP contribution in [0.3, 0.4) is 0 Å². The molecular formula is C21H23NO3S. The molecule has 1 fully saturated rings. The fourth-order valence-corrected chi connectivity index (χ4v) is 5.02. The number of ether oxygens (including phenoxy) is 1. The number of carbonyl (C=O) groups excluding carboxylic acids is 2. The molecule has 0 saturated carbocycles. The minimum Gasteiger partial charge on any atom is -0.467 e. The van der Waals surface area contributed by atoms with Gasteiger partial charge in [0.1, 0.15) is 11.5 Å². The lowest BCUT2D eigenvalue weighted by Gasteiger charge is -2.31. The summed E-state index contributed by atoms with van der Waals surface area (Å²) in [6, 6.07) is 19.0. The fourth-order valence-electron chi connectivity index (χ4n) is 3.47. The second-order valence-corrected chi connectivity index (χ2v) is 7.69. The standard InChI is InChI=1S/C21H23NO3S/c1-15(2)18(19(23)25-3)22-20(24)21(14-26-22,16-10-6-4-7-11-16)17-12-8-5-9-13-17/h4-13,15,18H,14H2,1-3H3/t18-/m0/s1. The molecule has 1 saturated heterocycles. The largest absolute Gasteiger partial charge is 0.467 e. The molecule has 1 atom stereocenters. The van der Waals surface area contributed by atoms with Crippen LogP contribution in [0.15, 0.2) is 60.7 Å². The fraction of sp³-hybridized carbons (Fsp3) is 0.333. The highest BCUT2D eigenvalue weighted by atomic mass is 32.2. The van der Waals surface area contributed by atoms with E-state index < -0.39 is 11.5 Å². The molecular weight excluding hydrogens is 346 g/mol. The first-order chi connectivity index (χ1) is 12.5. The summed E-state index contributed by atoms with van der Waals surface area (Å²) >= 11 is 1.41. The van der Waals surface area contributed by atoms with Crippen molar-refractivity contribution in [2.24, 2.45) is 5.92 Å². The van der Waals surface area contributed by atoms with E-state index in [9.17, 15) is 9.59 Å². The molecule has 136 valence electrons. The molecule has 0 N–H and O–H groups in total. The van der Waals surface area contributed by atoms with Gasteiger partial charge in [-0.1, -0.05) is 74.5 Å². The third-order valence-electron chi connectivity index (χ3n) is 4.85. The van der Waals surface area contributed by atoms with Crippen molar-refractivity contribution in [2.45, 2.75) is 25.3 Å². The molecule has 2 aromatic carbocycles. The first-order valence-corrected chi connectivity index (χ1v) is 9.62. The van der Waals surface area contributed by atoms with E-state index in [2.05, 4.69) is 0 Å². The van der Waals surface area contributed by atoms with Crippen molar-refractivity contribution in [3.8, 4) is 0 Å². The number of hydrogen-bond acceptors (Lipinski definition) is 4. The Labute approximate surface area is 158 Å². The van der Waals surface area contributed by atoms with Crippen LogP contribution < -0.4 is 0 Å². The zero-order chi connectivity index (χ0) is 18.7. The number of hydrogen-bond donors (Lipinski definition) is 0. The van der Waals surface area contributed by atoms with Crippen LogP contribution in [0.2, 0.25) is 0 Å². The average Bonchev–Trinajstić information content (AvgIpc) is 3.01. The SMILES string of the molecule is COC(=O)[C@H](C(C)C)N1SCC(c2ccccc2)(c2ccccc2)C1=O. The molecule has 4 nitrogen and oxygen atoms in total. The molecule has 1 heterocycles. The van der Waals surface area contributed by atoms with E-state index in [1.165, 1.54) is 19.1 Å². The normalized spacial score (nSPS) is 17.4. The zero-order valence-electron chi connectivity index (χ0n) is 15.2. The molecule has 0 unspecified atom stereocenters. The Balaban J connectivity index is 2.10. The van der Waals surface area contributed by atoms with E-state index in [0.717, 1.165) is 11.1 Å². The number of carbonyl (C=O) groups is 2. The minimum absolute atomic E-state index is 0.0405. The summed E-state index contributed by atoms with van der Waals surface area (Å²) in [5.41, 5.74) is 1.09. The first-order valence-electron chi connectivity index (χ1n) is 8.68. The van der Waals surface area contributed by atoms with Crippen LogP contribution in [0.4, 0.5) is 0 Å². The topological polar surface area (TPSA) is 46.6 Å². The minimum atomic E-state index is -0.797. The molecule has 26 heavy (non-hydrogen) atoms. The van der Waals surface area contributed by atoms with Crippen molar-refractivity contribution in [1.82, 2.24) is 4.31 Å². The summed E-state index contributed by atoms with van der Waals surface area (Å²) in [5, 5.41) is 0. The van der Waals surface area contributed by atoms with Gasteiger partial charge in [0.25, 0.3) is 0 Å². The van der Waals surface area contributed by atoms with E-state index in [1.807, 2.05) is 74.5 Å². The summed E-state index contributed by atoms with van der Waals surface area (Å²) < 4.78 is 6.59. The van der Waals surface area contributed by atoms with Gasteiger partial charge in [0.15, 0.2) is 0 Å². The predicted molar refractivity (Wildman–Crippen MR) is 104 cm³/mol. The Morgan fingerprint density at radius 3 is 1.96 bits per heavy atom. The van der Waals surface area contributed by atoms with Crippen molar-refractivity contribution in [1.29, 1.82) is 0 Å². The number of benzene rings is 2. The number of rotatable bonds is 5. The zero-order valence-corrected chi connectivity index (χ0v) is 16.0. The Hall–Kier alpha value is -2.27. The highest BCUT2D eigenvalue weighted by molar-refractivity contribution is 7.98. The summed E-state index contributed by atoms with van der Waals surface area (Å²) in [5.74, 6) is 0.0723. The number of amides is 1. The van der Waals surface area contributed by atoms with Crippen molar-refractivity contribution < 1.29 is 14.3 Å². The third-order valence-corrected chi connectivity index (χ3v) is 6.08. The molecule has 1 amide bonds. The monoisotopic (exact) mass is 369 g/mol. The van der Waals surface area contributed by atoms with Crippen molar-refractivity contribution >= 4 is 23.8 Å². The number of nitrogens with zero attached hydrogens (tertiary/aromatic N) is 1. The molecule has 1 aliphatic rings. The van der Waals surface area contributed by atoms with Crippen molar-refractivity contribution in [3.63, 3.8) is 0 Å². The number of methoxy groups -OCH3 is 1. The van der Waals surface area contributed by atoms with Crippen molar-refractivity contribution in [2.75, 3.05) is 12.9 Å². The molecule has 0 aliphatic carbocycles.